The number of ether oxygens (including phenoxy) is 1. The number of carboxylic acids is 1. The van der Waals surface area contributed by atoms with Crippen molar-refractivity contribution in [2.24, 2.45) is 4.99 Å². The summed E-state index contributed by atoms with van der Waals surface area (Å²) in [5, 5.41) is 11.5. The highest BCUT2D eigenvalue weighted by Crippen LogP contribution is 2.31. The van der Waals surface area contributed by atoms with E-state index in [0.717, 1.165) is 17.3 Å². The van der Waals surface area contributed by atoms with Crippen LogP contribution < -0.4 is 5.32 Å². The van der Waals surface area contributed by atoms with E-state index in [1.807, 2.05) is 30.3 Å². The summed E-state index contributed by atoms with van der Waals surface area (Å²) in [5.41, 5.74) is 2.15. The van der Waals surface area contributed by atoms with E-state index in [9.17, 15) is 24.3 Å². The number of esters is 1. The summed E-state index contributed by atoms with van der Waals surface area (Å²) in [6, 6.07) is 21.8. The first-order chi connectivity index (χ1) is 18.3. The summed E-state index contributed by atoms with van der Waals surface area (Å²) in [4.78, 5) is 55.7. The Bertz CT molecular complexity index is 1370. The molecule has 0 spiro atoms. The summed E-state index contributed by atoms with van der Waals surface area (Å²) in [7, 11) is 0. The SMILES string of the molecule is CCOC(=O)c1ccc(N=C2SC(C(=O)Nc3cccc(C(=O)O)c3)CC(=O)N2Cc2ccccc2)cc1. The molecule has 10 heteroatoms. The van der Waals surface area contributed by atoms with E-state index in [4.69, 9.17) is 4.74 Å². The molecule has 1 fully saturated rings. The van der Waals surface area contributed by atoms with Crippen LogP contribution in [0.15, 0.2) is 83.9 Å². The number of anilines is 1. The van der Waals surface area contributed by atoms with Crippen molar-refractivity contribution in [3.05, 3.63) is 95.6 Å². The molecule has 38 heavy (non-hydrogen) atoms. The van der Waals surface area contributed by atoms with E-state index in [1.54, 1.807) is 37.3 Å². The number of amides is 2. The van der Waals surface area contributed by atoms with Crippen molar-refractivity contribution in [1.82, 2.24) is 4.90 Å². The largest absolute Gasteiger partial charge is 0.478 e. The van der Waals surface area contributed by atoms with Gasteiger partial charge in [0.2, 0.25) is 11.8 Å². The number of nitrogens with zero attached hydrogens (tertiary/aromatic N) is 2. The van der Waals surface area contributed by atoms with E-state index in [0.29, 0.717) is 22.1 Å². The van der Waals surface area contributed by atoms with Gasteiger partial charge in [-0.3, -0.25) is 14.5 Å². The maximum absolute atomic E-state index is 13.2. The van der Waals surface area contributed by atoms with Gasteiger partial charge in [0.15, 0.2) is 5.17 Å². The second kappa shape index (κ2) is 12.2. The quantitative estimate of drug-likeness (QED) is 0.403. The number of aromatic carboxylic acids is 1. The number of carbonyl (C=O) groups excluding carboxylic acids is 3. The number of carbonyl (C=O) groups is 4. The summed E-state index contributed by atoms with van der Waals surface area (Å²) in [6.07, 6.45) is -0.0528. The zero-order valence-corrected chi connectivity index (χ0v) is 21.3. The van der Waals surface area contributed by atoms with Crippen molar-refractivity contribution in [3.63, 3.8) is 0 Å². The number of benzene rings is 3. The molecular weight excluding hydrogens is 506 g/mol. The van der Waals surface area contributed by atoms with Crippen LogP contribution in [-0.2, 0) is 20.9 Å². The summed E-state index contributed by atoms with van der Waals surface area (Å²) >= 11 is 1.15. The van der Waals surface area contributed by atoms with Crippen LogP contribution in [0.3, 0.4) is 0 Å². The first-order valence-electron chi connectivity index (χ1n) is 11.8. The molecule has 4 rings (SSSR count). The Morgan fingerprint density at radius 1 is 1.03 bits per heavy atom. The maximum atomic E-state index is 13.2. The van der Waals surface area contributed by atoms with Crippen molar-refractivity contribution in [2.45, 2.75) is 25.1 Å². The second-order valence-corrected chi connectivity index (χ2v) is 9.48. The van der Waals surface area contributed by atoms with Gasteiger partial charge in [-0.05, 0) is 55.0 Å². The number of rotatable bonds is 8. The number of amidine groups is 1. The first kappa shape index (κ1) is 26.6. The number of thioether (sulfide) groups is 1. The molecule has 3 aromatic carbocycles. The highest BCUT2D eigenvalue weighted by Gasteiger charge is 2.36. The topological polar surface area (TPSA) is 125 Å². The summed E-state index contributed by atoms with van der Waals surface area (Å²) in [5.74, 6) is -2.25. The fraction of sp³-hybridized carbons (Fsp3) is 0.179. The smallest absolute Gasteiger partial charge is 0.338 e. The van der Waals surface area contributed by atoms with Gasteiger partial charge in [0, 0.05) is 12.1 Å². The molecule has 2 amide bonds. The van der Waals surface area contributed by atoms with Crippen molar-refractivity contribution in [2.75, 3.05) is 11.9 Å². The van der Waals surface area contributed by atoms with Gasteiger partial charge in [0.05, 0.1) is 30.0 Å². The predicted octanol–water partition coefficient (Wildman–Crippen LogP) is 4.72. The molecule has 0 saturated carbocycles. The Morgan fingerprint density at radius 2 is 1.76 bits per heavy atom. The van der Waals surface area contributed by atoms with Gasteiger partial charge in [0.1, 0.15) is 5.25 Å². The zero-order chi connectivity index (χ0) is 27.1. The van der Waals surface area contributed by atoms with Crippen molar-refractivity contribution < 1.29 is 29.0 Å². The monoisotopic (exact) mass is 531 g/mol. The Balaban J connectivity index is 1.59. The normalized spacial score (nSPS) is 16.2. The third-order valence-corrected chi connectivity index (χ3v) is 6.78. The van der Waals surface area contributed by atoms with Crippen LogP contribution in [-0.4, -0.2) is 50.8 Å². The summed E-state index contributed by atoms with van der Waals surface area (Å²) < 4.78 is 5.02. The third kappa shape index (κ3) is 6.65. The molecule has 0 radical (unpaired) electrons. The van der Waals surface area contributed by atoms with Gasteiger partial charge < -0.3 is 15.2 Å². The number of carboxylic acid groups (broad SMARTS) is 1. The molecule has 9 nitrogen and oxygen atoms in total. The molecule has 3 aromatic rings. The fourth-order valence-electron chi connectivity index (χ4n) is 3.71. The van der Waals surface area contributed by atoms with Crippen LogP contribution in [0.2, 0.25) is 0 Å². The second-order valence-electron chi connectivity index (χ2n) is 8.31. The molecule has 0 aromatic heterocycles. The van der Waals surface area contributed by atoms with Crippen LogP contribution in [0, 0.1) is 0 Å². The molecule has 194 valence electrons. The molecule has 2 N–H and O–H groups in total. The molecule has 1 aliphatic rings. The Labute approximate surface area is 223 Å². The average molecular weight is 532 g/mol. The lowest BCUT2D eigenvalue weighted by Gasteiger charge is -2.32. The van der Waals surface area contributed by atoms with Gasteiger partial charge in [-0.2, -0.15) is 0 Å². The molecule has 1 atom stereocenters. The molecule has 1 saturated heterocycles. The van der Waals surface area contributed by atoms with Crippen LogP contribution in [0.25, 0.3) is 0 Å². The lowest BCUT2D eigenvalue weighted by molar-refractivity contribution is -0.129. The zero-order valence-electron chi connectivity index (χ0n) is 20.5. The summed E-state index contributed by atoms with van der Waals surface area (Å²) in [6.45, 7) is 2.27. The van der Waals surface area contributed by atoms with Crippen LogP contribution in [0.1, 0.15) is 39.6 Å². The maximum Gasteiger partial charge on any atom is 0.338 e. The van der Waals surface area contributed by atoms with E-state index >= 15 is 0 Å². The van der Waals surface area contributed by atoms with E-state index in [-0.39, 0.29) is 31.0 Å². The van der Waals surface area contributed by atoms with Crippen LogP contribution in [0.5, 0.6) is 0 Å². The lowest BCUT2D eigenvalue weighted by atomic mass is 10.1. The molecular formula is C28H25N3O6S. The number of hydrogen-bond acceptors (Lipinski definition) is 7. The lowest BCUT2D eigenvalue weighted by Crippen LogP contribution is -2.44. The molecule has 1 unspecified atom stereocenters. The minimum Gasteiger partial charge on any atom is -0.478 e. The van der Waals surface area contributed by atoms with Gasteiger partial charge in [-0.25, -0.2) is 14.6 Å². The van der Waals surface area contributed by atoms with Gasteiger partial charge in [0.25, 0.3) is 0 Å². The molecule has 1 heterocycles. The first-order valence-corrected chi connectivity index (χ1v) is 12.7. The molecule has 0 bridgehead atoms. The van der Waals surface area contributed by atoms with Crippen LogP contribution >= 0.6 is 11.8 Å². The van der Waals surface area contributed by atoms with E-state index < -0.39 is 23.1 Å². The highest BCUT2D eigenvalue weighted by molar-refractivity contribution is 8.15. The van der Waals surface area contributed by atoms with E-state index in [2.05, 4.69) is 10.3 Å². The average Bonchev–Trinajstić information content (AvgIpc) is 2.91. The Morgan fingerprint density at radius 3 is 2.45 bits per heavy atom. The Kier molecular flexibility index (Phi) is 8.55. The molecule has 0 aliphatic carbocycles. The van der Waals surface area contributed by atoms with Gasteiger partial charge in [-0.1, -0.05) is 48.2 Å². The fourth-order valence-corrected chi connectivity index (χ4v) is 4.81. The predicted molar refractivity (Wildman–Crippen MR) is 145 cm³/mol. The number of aliphatic imine (C=N–C) groups is 1. The number of nitrogens with one attached hydrogen (secondary N) is 1. The van der Waals surface area contributed by atoms with Crippen LogP contribution in [0.4, 0.5) is 11.4 Å². The van der Waals surface area contributed by atoms with Gasteiger partial charge >= 0.3 is 11.9 Å². The van der Waals surface area contributed by atoms with Crippen molar-refractivity contribution in [1.29, 1.82) is 0 Å². The highest BCUT2D eigenvalue weighted by atomic mass is 32.2. The standard InChI is InChI=1S/C28H25N3O6S/c1-2-37-27(36)19-11-13-21(14-12-19)30-28-31(17-18-7-4-3-5-8-18)24(32)16-23(38-28)25(33)29-22-10-6-9-20(15-22)26(34)35/h3-15,23H,2,16-17H2,1H3,(H,29,33)(H,34,35). The minimum absolute atomic E-state index is 0.0396. The van der Waals surface area contributed by atoms with Crippen molar-refractivity contribution >= 4 is 52.1 Å². The third-order valence-electron chi connectivity index (χ3n) is 5.60. The van der Waals surface area contributed by atoms with Crippen molar-refractivity contribution in [3.8, 4) is 0 Å². The minimum atomic E-state index is -1.11. The Hall–Kier alpha value is -4.44. The van der Waals surface area contributed by atoms with Gasteiger partial charge in [-0.15, -0.1) is 0 Å². The van der Waals surface area contributed by atoms with E-state index in [1.165, 1.54) is 23.1 Å². The number of hydrogen-bond donors (Lipinski definition) is 2. The molecule has 1 aliphatic heterocycles.